The maximum Gasteiger partial charge on any atom is 0.137 e. The molecular weight excluding hydrogens is 695 g/mol. The van der Waals surface area contributed by atoms with E-state index >= 15 is 0 Å². The van der Waals surface area contributed by atoms with Gasteiger partial charge in [0, 0.05) is 50.5 Å². The molecule has 274 valence electrons. The van der Waals surface area contributed by atoms with Gasteiger partial charge >= 0.3 is 0 Å². The average Bonchev–Trinajstić information content (AvgIpc) is 3.62. The van der Waals surface area contributed by atoms with E-state index in [1.165, 1.54) is 5.56 Å². The highest BCUT2D eigenvalue weighted by atomic mass is 16.5. The quantitative estimate of drug-likeness (QED) is 0.170. The second-order valence-corrected chi connectivity index (χ2v) is 15.7. The van der Waals surface area contributed by atoms with E-state index in [0.29, 0.717) is 0 Å². The molecule has 0 saturated carbocycles. The molecule has 0 spiro atoms. The van der Waals surface area contributed by atoms with Crippen LogP contribution in [0, 0.1) is 0 Å². The fourth-order valence-corrected chi connectivity index (χ4v) is 8.23. The molecule has 8 aromatic carbocycles. The number of hydrogen-bond acceptors (Lipinski definition) is 3. The highest BCUT2D eigenvalue weighted by Gasteiger charge is 2.29. The lowest BCUT2D eigenvalue weighted by Gasteiger charge is -2.32. The van der Waals surface area contributed by atoms with Crippen molar-refractivity contribution in [2.75, 3.05) is 4.90 Å². The fraction of sp³-hybridized carbons (Fsp3) is 0.0741. The molecule has 0 amide bonds. The van der Waals surface area contributed by atoms with Crippen LogP contribution in [0.25, 0.3) is 44.2 Å². The minimum Gasteiger partial charge on any atom is -0.456 e. The van der Waals surface area contributed by atoms with E-state index in [0.717, 1.165) is 95.0 Å². The van der Waals surface area contributed by atoms with E-state index in [1.807, 2.05) is 18.2 Å². The molecule has 57 heavy (non-hydrogen) atoms. The van der Waals surface area contributed by atoms with Crippen molar-refractivity contribution in [2.24, 2.45) is 0 Å². The van der Waals surface area contributed by atoms with Gasteiger partial charge in [0.25, 0.3) is 0 Å². The molecule has 10 rings (SSSR count). The van der Waals surface area contributed by atoms with Crippen molar-refractivity contribution < 1.29 is 9.15 Å². The molecule has 0 aliphatic carbocycles. The van der Waals surface area contributed by atoms with Crippen molar-refractivity contribution in [3.8, 4) is 22.6 Å². The molecule has 3 nitrogen and oxygen atoms in total. The Kier molecular flexibility index (Phi) is 8.38. The second-order valence-electron chi connectivity index (χ2n) is 15.7. The number of rotatable bonds is 6. The topological polar surface area (TPSA) is 25.6 Å². The van der Waals surface area contributed by atoms with Gasteiger partial charge in [-0.15, -0.1) is 0 Å². The summed E-state index contributed by atoms with van der Waals surface area (Å²) in [6.45, 7) is 6.82. The van der Waals surface area contributed by atoms with E-state index in [4.69, 9.17) is 9.15 Å². The van der Waals surface area contributed by atoms with Crippen molar-refractivity contribution in [3.63, 3.8) is 0 Å². The van der Waals surface area contributed by atoms with Crippen LogP contribution < -0.4 is 9.64 Å². The van der Waals surface area contributed by atoms with Crippen LogP contribution in [0.3, 0.4) is 0 Å². The molecule has 0 radical (unpaired) electrons. The first kappa shape index (κ1) is 34.4. The summed E-state index contributed by atoms with van der Waals surface area (Å²) in [5.74, 6) is 1.66. The normalized spacial score (nSPS) is 12.2. The zero-order valence-corrected chi connectivity index (χ0v) is 32.2. The van der Waals surface area contributed by atoms with Crippen LogP contribution in [0.4, 0.5) is 17.1 Å². The van der Waals surface area contributed by atoms with Gasteiger partial charge in [0.1, 0.15) is 22.7 Å². The third-order valence-corrected chi connectivity index (χ3v) is 11.1. The molecular formula is C54H41NO2. The molecule has 0 bridgehead atoms. The maximum atomic E-state index is 6.75. The van der Waals surface area contributed by atoms with Crippen molar-refractivity contribution >= 4 is 50.1 Å². The number of para-hydroxylation sites is 2. The predicted molar refractivity (Wildman–Crippen MR) is 237 cm³/mol. The highest BCUT2D eigenvalue weighted by molar-refractivity contribution is 6.09. The van der Waals surface area contributed by atoms with Gasteiger partial charge < -0.3 is 14.1 Å². The summed E-state index contributed by atoms with van der Waals surface area (Å²) in [4.78, 5) is 2.38. The minimum absolute atomic E-state index is 0.0401. The van der Waals surface area contributed by atoms with Gasteiger partial charge in [-0.2, -0.15) is 0 Å². The standard InChI is InChI=1S/C54H41NO2/c1-54(2,3)39-27-31-47(45(33-39)36-17-7-4-8-18-36)55(41-28-30-43-42-23-13-15-25-48(42)57-51(43)35-41)40-29-32-50-46(34-40)53(44-24-14-16-26-49(44)56-50)52(37-19-9-5-10-20-37)38-21-11-6-12-22-38/h4-35H,1-3H3. The predicted octanol–water partition coefficient (Wildman–Crippen LogP) is 15.1. The lowest BCUT2D eigenvalue weighted by atomic mass is 9.83. The van der Waals surface area contributed by atoms with Crippen molar-refractivity contribution in [3.05, 3.63) is 222 Å². The Bertz CT molecular complexity index is 2910. The zero-order valence-electron chi connectivity index (χ0n) is 32.2. The summed E-state index contributed by atoms with van der Waals surface area (Å²) in [6.07, 6.45) is 0. The smallest absolute Gasteiger partial charge is 0.137 e. The third-order valence-electron chi connectivity index (χ3n) is 11.1. The maximum absolute atomic E-state index is 6.75. The lowest BCUT2D eigenvalue weighted by Crippen LogP contribution is -2.15. The molecule has 2 heterocycles. The molecule has 3 heteroatoms. The minimum atomic E-state index is -0.0401. The van der Waals surface area contributed by atoms with Crippen molar-refractivity contribution in [1.82, 2.24) is 0 Å². The molecule has 1 aliphatic heterocycles. The van der Waals surface area contributed by atoms with Crippen LogP contribution in [0.1, 0.15) is 48.6 Å². The van der Waals surface area contributed by atoms with Crippen LogP contribution in [-0.2, 0) is 5.41 Å². The van der Waals surface area contributed by atoms with E-state index in [1.54, 1.807) is 0 Å². The van der Waals surface area contributed by atoms with Gasteiger partial charge in [-0.05, 0) is 87.8 Å². The Hall–Kier alpha value is -7.10. The highest BCUT2D eigenvalue weighted by Crippen LogP contribution is 2.51. The number of nitrogens with zero attached hydrogens (tertiary/aromatic N) is 1. The van der Waals surface area contributed by atoms with Crippen molar-refractivity contribution in [1.29, 1.82) is 0 Å². The third kappa shape index (κ3) is 6.18. The Labute approximate surface area is 333 Å². The monoisotopic (exact) mass is 735 g/mol. The summed E-state index contributed by atoms with van der Waals surface area (Å²) in [6, 6.07) is 69.0. The van der Waals surface area contributed by atoms with Crippen LogP contribution in [0.2, 0.25) is 0 Å². The first-order valence-corrected chi connectivity index (χ1v) is 19.6. The zero-order chi connectivity index (χ0) is 38.5. The van der Waals surface area contributed by atoms with Crippen LogP contribution in [0.15, 0.2) is 199 Å². The van der Waals surface area contributed by atoms with Gasteiger partial charge in [-0.1, -0.05) is 154 Å². The van der Waals surface area contributed by atoms with Gasteiger partial charge in [0.2, 0.25) is 0 Å². The van der Waals surface area contributed by atoms with E-state index in [-0.39, 0.29) is 5.41 Å². The Morgan fingerprint density at radius 3 is 1.79 bits per heavy atom. The molecule has 0 unspecified atom stereocenters. The van der Waals surface area contributed by atoms with Crippen LogP contribution in [0.5, 0.6) is 11.5 Å². The molecule has 0 fully saturated rings. The van der Waals surface area contributed by atoms with Crippen molar-refractivity contribution in [2.45, 2.75) is 26.2 Å². The average molecular weight is 736 g/mol. The number of hydrogen-bond donors (Lipinski definition) is 0. The van der Waals surface area contributed by atoms with E-state index in [2.05, 4.69) is 202 Å². The summed E-state index contributed by atoms with van der Waals surface area (Å²) in [7, 11) is 0. The van der Waals surface area contributed by atoms with E-state index < -0.39 is 0 Å². The summed E-state index contributed by atoms with van der Waals surface area (Å²) in [5, 5.41) is 2.20. The second kappa shape index (κ2) is 13.9. The first-order valence-electron chi connectivity index (χ1n) is 19.6. The first-order chi connectivity index (χ1) is 27.9. The Morgan fingerprint density at radius 1 is 0.456 bits per heavy atom. The Morgan fingerprint density at radius 2 is 1.05 bits per heavy atom. The largest absolute Gasteiger partial charge is 0.456 e. The van der Waals surface area contributed by atoms with Gasteiger partial charge in [0.05, 0.1) is 5.69 Å². The molecule has 0 atom stereocenters. The molecule has 0 saturated heterocycles. The number of furan rings is 1. The number of anilines is 3. The van der Waals surface area contributed by atoms with Gasteiger partial charge in [-0.3, -0.25) is 0 Å². The Balaban J connectivity index is 1.27. The number of benzene rings is 8. The lowest BCUT2D eigenvalue weighted by molar-refractivity contribution is 0.474. The molecule has 9 aromatic rings. The molecule has 1 aromatic heterocycles. The summed E-state index contributed by atoms with van der Waals surface area (Å²) in [5.41, 5.74) is 15.0. The van der Waals surface area contributed by atoms with Gasteiger partial charge in [-0.25, -0.2) is 0 Å². The number of ether oxygens (including phenoxy) is 1. The summed E-state index contributed by atoms with van der Waals surface area (Å²) >= 11 is 0. The van der Waals surface area contributed by atoms with Crippen LogP contribution >= 0.6 is 0 Å². The van der Waals surface area contributed by atoms with E-state index in [9.17, 15) is 0 Å². The SMILES string of the molecule is CC(C)(C)c1ccc(N(c2ccc3c(c2)C(=C(c2ccccc2)c2ccccc2)c2ccccc2O3)c2ccc3c(c2)oc2ccccc23)c(-c2ccccc2)c1. The fourth-order valence-electron chi connectivity index (χ4n) is 8.23. The number of fused-ring (bicyclic) bond motifs is 5. The summed E-state index contributed by atoms with van der Waals surface area (Å²) < 4.78 is 13.3. The van der Waals surface area contributed by atoms with Crippen LogP contribution in [-0.4, -0.2) is 0 Å². The van der Waals surface area contributed by atoms with Gasteiger partial charge in [0.15, 0.2) is 0 Å². The molecule has 1 aliphatic rings. The molecule has 0 N–H and O–H groups in total.